The van der Waals surface area contributed by atoms with Crippen LogP contribution in [0.15, 0.2) is 48.5 Å². The molecule has 3 rings (SSSR count). The molecule has 2 N–H and O–H groups in total. The molecule has 0 spiro atoms. The van der Waals surface area contributed by atoms with Gasteiger partial charge in [-0.15, -0.1) is 0 Å². The summed E-state index contributed by atoms with van der Waals surface area (Å²) in [7, 11) is 0. The van der Waals surface area contributed by atoms with Gasteiger partial charge in [0.15, 0.2) is 0 Å². The van der Waals surface area contributed by atoms with Crippen molar-refractivity contribution in [1.29, 1.82) is 0 Å². The minimum Gasteiger partial charge on any atom is -0.352 e. The van der Waals surface area contributed by atoms with Crippen molar-refractivity contribution in [3.8, 4) is 0 Å². The highest BCUT2D eigenvalue weighted by Crippen LogP contribution is 2.39. The maximum absolute atomic E-state index is 12.3. The predicted octanol–water partition coefficient (Wildman–Crippen LogP) is 4.01. The Morgan fingerprint density at radius 3 is 2.31 bits per heavy atom. The van der Waals surface area contributed by atoms with E-state index >= 15 is 0 Å². The van der Waals surface area contributed by atoms with E-state index in [1.165, 1.54) is 5.56 Å². The number of aryl methyl sites for hydroxylation is 1. The SMILES string of the molecule is Cc1ccccc1CNC(=O)C1CC1C(=O)Nc1ccc(C(C)C)cc1. The van der Waals surface area contributed by atoms with Crippen LogP contribution in [0.4, 0.5) is 5.69 Å². The molecule has 1 aliphatic rings. The topological polar surface area (TPSA) is 58.2 Å². The Hall–Kier alpha value is -2.62. The zero-order chi connectivity index (χ0) is 18.7. The lowest BCUT2D eigenvalue weighted by Gasteiger charge is -2.09. The summed E-state index contributed by atoms with van der Waals surface area (Å²) < 4.78 is 0. The molecule has 0 heterocycles. The zero-order valence-electron chi connectivity index (χ0n) is 15.6. The van der Waals surface area contributed by atoms with Gasteiger partial charge >= 0.3 is 0 Å². The van der Waals surface area contributed by atoms with Gasteiger partial charge in [0.2, 0.25) is 11.8 Å². The minimum absolute atomic E-state index is 0.0384. The fourth-order valence-corrected chi connectivity index (χ4v) is 3.08. The van der Waals surface area contributed by atoms with Crippen LogP contribution in [-0.4, -0.2) is 11.8 Å². The number of carbonyl (C=O) groups excluding carboxylic acids is 2. The lowest BCUT2D eigenvalue weighted by atomic mass is 10.0. The summed E-state index contributed by atoms with van der Waals surface area (Å²) in [4.78, 5) is 24.6. The molecule has 4 heteroatoms. The molecule has 0 saturated heterocycles. The molecule has 1 aliphatic carbocycles. The zero-order valence-corrected chi connectivity index (χ0v) is 15.6. The summed E-state index contributed by atoms with van der Waals surface area (Å²) in [5.41, 5.74) is 4.28. The first-order valence-corrected chi connectivity index (χ1v) is 9.18. The monoisotopic (exact) mass is 350 g/mol. The molecule has 136 valence electrons. The smallest absolute Gasteiger partial charge is 0.228 e. The van der Waals surface area contributed by atoms with Crippen LogP contribution in [0.2, 0.25) is 0 Å². The van der Waals surface area contributed by atoms with Gasteiger partial charge in [0.25, 0.3) is 0 Å². The van der Waals surface area contributed by atoms with Crippen molar-refractivity contribution in [2.45, 2.75) is 39.7 Å². The molecule has 2 unspecified atom stereocenters. The van der Waals surface area contributed by atoms with Crippen LogP contribution in [0.3, 0.4) is 0 Å². The van der Waals surface area contributed by atoms with E-state index in [-0.39, 0.29) is 23.7 Å². The standard InChI is InChI=1S/C22H26N2O2/c1-14(2)16-8-10-18(11-9-16)24-22(26)20-12-19(20)21(25)23-13-17-7-5-4-6-15(17)3/h4-11,14,19-20H,12-13H2,1-3H3,(H,23,25)(H,24,26). The van der Waals surface area contributed by atoms with Gasteiger partial charge in [0, 0.05) is 12.2 Å². The van der Waals surface area contributed by atoms with Crippen molar-refractivity contribution in [2.75, 3.05) is 5.32 Å². The molecule has 1 saturated carbocycles. The Morgan fingerprint density at radius 1 is 1.00 bits per heavy atom. The quantitative estimate of drug-likeness (QED) is 0.827. The summed E-state index contributed by atoms with van der Waals surface area (Å²) in [5.74, 6) is -0.0861. The fourth-order valence-electron chi connectivity index (χ4n) is 3.08. The average molecular weight is 350 g/mol. The Labute approximate surface area is 155 Å². The Kier molecular flexibility index (Phi) is 5.40. The fraction of sp³-hybridized carbons (Fsp3) is 0.364. The van der Waals surface area contributed by atoms with Crippen molar-refractivity contribution in [3.63, 3.8) is 0 Å². The summed E-state index contributed by atoms with van der Waals surface area (Å²) in [6, 6.07) is 15.9. The molecule has 2 atom stereocenters. The van der Waals surface area contributed by atoms with Crippen molar-refractivity contribution < 1.29 is 9.59 Å². The second-order valence-corrected chi connectivity index (χ2v) is 7.36. The van der Waals surface area contributed by atoms with Crippen LogP contribution in [0.5, 0.6) is 0 Å². The van der Waals surface area contributed by atoms with Crippen LogP contribution in [0.1, 0.15) is 42.9 Å². The minimum atomic E-state index is -0.225. The average Bonchev–Trinajstić information content (AvgIpc) is 3.42. The van der Waals surface area contributed by atoms with Crippen LogP contribution >= 0.6 is 0 Å². The third kappa shape index (κ3) is 4.31. The lowest BCUT2D eigenvalue weighted by Crippen LogP contribution is -2.27. The second-order valence-electron chi connectivity index (χ2n) is 7.36. The highest BCUT2D eigenvalue weighted by atomic mass is 16.2. The third-order valence-corrected chi connectivity index (χ3v) is 5.02. The Balaban J connectivity index is 1.49. The Morgan fingerprint density at radius 2 is 1.65 bits per heavy atom. The number of anilines is 1. The summed E-state index contributed by atoms with van der Waals surface area (Å²) >= 11 is 0. The van der Waals surface area contributed by atoms with Gasteiger partial charge in [0.1, 0.15) is 0 Å². The number of hydrogen-bond donors (Lipinski definition) is 2. The molecular weight excluding hydrogens is 324 g/mol. The predicted molar refractivity (Wildman–Crippen MR) is 104 cm³/mol. The summed E-state index contributed by atoms with van der Waals surface area (Å²) in [6.45, 7) is 6.81. The van der Waals surface area contributed by atoms with Gasteiger partial charge in [0.05, 0.1) is 11.8 Å². The third-order valence-electron chi connectivity index (χ3n) is 5.02. The molecule has 1 fully saturated rings. The van der Waals surface area contributed by atoms with Gasteiger partial charge in [-0.3, -0.25) is 9.59 Å². The molecular formula is C22H26N2O2. The van der Waals surface area contributed by atoms with Crippen LogP contribution in [-0.2, 0) is 16.1 Å². The van der Waals surface area contributed by atoms with Gasteiger partial charge in [-0.2, -0.15) is 0 Å². The first-order chi connectivity index (χ1) is 12.5. The molecule has 2 aromatic rings. The van der Waals surface area contributed by atoms with Gasteiger partial charge in [-0.1, -0.05) is 50.2 Å². The number of rotatable bonds is 6. The number of amides is 2. The second kappa shape index (κ2) is 7.73. The van der Waals surface area contributed by atoms with Crippen molar-refractivity contribution in [2.24, 2.45) is 11.8 Å². The van der Waals surface area contributed by atoms with Crippen LogP contribution < -0.4 is 10.6 Å². The Bertz CT molecular complexity index is 796. The van der Waals surface area contributed by atoms with E-state index in [1.54, 1.807) is 0 Å². The lowest BCUT2D eigenvalue weighted by molar-refractivity contribution is -0.125. The molecule has 0 aliphatic heterocycles. The largest absolute Gasteiger partial charge is 0.352 e. The van der Waals surface area contributed by atoms with E-state index in [9.17, 15) is 9.59 Å². The molecule has 2 aromatic carbocycles. The van der Waals surface area contributed by atoms with E-state index < -0.39 is 0 Å². The van der Waals surface area contributed by atoms with Crippen molar-refractivity contribution in [3.05, 3.63) is 65.2 Å². The number of nitrogens with one attached hydrogen (secondary N) is 2. The summed E-state index contributed by atoms with van der Waals surface area (Å²) in [5, 5.41) is 5.87. The number of hydrogen-bond acceptors (Lipinski definition) is 2. The van der Waals surface area contributed by atoms with E-state index in [2.05, 4.69) is 24.5 Å². The highest BCUT2D eigenvalue weighted by Gasteiger charge is 2.47. The molecule has 26 heavy (non-hydrogen) atoms. The molecule has 0 aromatic heterocycles. The van der Waals surface area contributed by atoms with Gasteiger partial charge < -0.3 is 10.6 Å². The van der Waals surface area contributed by atoms with E-state index in [1.807, 2.05) is 55.5 Å². The van der Waals surface area contributed by atoms with E-state index in [0.717, 1.165) is 16.8 Å². The van der Waals surface area contributed by atoms with Crippen LogP contribution in [0.25, 0.3) is 0 Å². The molecule has 4 nitrogen and oxygen atoms in total. The maximum Gasteiger partial charge on any atom is 0.228 e. The molecule has 2 amide bonds. The van der Waals surface area contributed by atoms with Crippen molar-refractivity contribution >= 4 is 17.5 Å². The maximum atomic E-state index is 12.3. The summed E-state index contributed by atoms with van der Waals surface area (Å²) in [6.07, 6.45) is 0.621. The van der Waals surface area contributed by atoms with Gasteiger partial charge in [-0.25, -0.2) is 0 Å². The van der Waals surface area contributed by atoms with Crippen LogP contribution in [0, 0.1) is 18.8 Å². The van der Waals surface area contributed by atoms with Crippen molar-refractivity contribution in [1.82, 2.24) is 5.32 Å². The molecule has 0 bridgehead atoms. The van der Waals surface area contributed by atoms with E-state index in [4.69, 9.17) is 0 Å². The number of carbonyl (C=O) groups is 2. The molecule has 0 radical (unpaired) electrons. The first-order valence-electron chi connectivity index (χ1n) is 9.18. The normalized spacial score (nSPS) is 18.5. The highest BCUT2D eigenvalue weighted by molar-refractivity contribution is 5.99. The van der Waals surface area contributed by atoms with Gasteiger partial charge in [-0.05, 0) is 48.1 Å². The number of benzene rings is 2. The van der Waals surface area contributed by atoms with E-state index in [0.29, 0.717) is 18.9 Å². The first kappa shape index (κ1) is 18.2.